The lowest BCUT2D eigenvalue weighted by molar-refractivity contribution is -0.120. The lowest BCUT2D eigenvalue weighted by atomic mass is 10.1. The molecule has 1 aromatic heterocycles. The molecular formula is C26H30N4O2S. The average Bonchev–Trinajstić information content (AvgIpc) is 2.97. The van der Waals surface area contributed by atoms with E-state index in [0.29, 0.717) is 29.1 Å². The van der Waals surface area contributed by atoms with E-state index >= 15 is 0 Å². The van der Waals surface area contributed by atoms with Crippen molar-refractivity contribution in [2.24, 2.45) is 5.92 Å². The number of carbonyl (C=O) groups excluding carboxylic acids is 1. The van der Waals surface area contributed by atoms with Gasteiger partial charge in [0.2, 0.25) is 23.2 Å². The molecule has 6 nitrogen and oxygen atoms in total. The maximum atomic E-state index is 13.4. The number of hydrogen-bond acceptors (Lipinski definition) is 6. The van der Waals surface area contributed by atoms with Gasteiger partial charge in [0.15, 0.2) is 5.69 Å². The number of para-hydroxylation sites is 1. The minimum absolute atomic E-state index is 0.00434. The highest BCUT2D eigenvalue weighted by Crippen LogP contribution is 2.43. The van der Waals surface area contributed by atoms with E-state index in [2.05, 4.69) is 43.1 Å². The van der Waals surface area contributed by atoms with Crippen molar-refractivity contribution in [3.63, 3.8) is 0 Å². The second-order valence-electron chi connectivity index (χ2n) is 8.55. The summed E-state index contributed by atoms with van der Waals surface area (Å²) in [4.78, 5) is 19.9. The van der Waals surface area contributed by atoms with Crippen LogP contribution in [0, 0.1) is 5.92 Å². The van der Waals surface area contributed by atoms with Crippen LogP contribution in [0.3, 0.4) is 0 Å². The number of fused-ring (bicyclic) bond motifs is 3. The van der Waals surface area contributed by atoms with E-state index in [1.54, 1.807) is 16.7 Å². The summed E-state index contributed by atoms with van der Waals surface area (Å²) in [5.74, 6) is 1.80. The number of aromatic nitrogens is 3. The molecule has 3 aromatic rings. The number of aryl methyl sites for hydroxylation is 1. The van der Waals surface area contributed by atoms with E-state index in [9.17, 15) is 4.79 Å². The molecule has 1 amide bonds. The molecule has 1 aliphatic rings. The molecule has 0 saturated carbocycles. The third-order valence-corrected chi connectivity index (χ3v) is 6.73. The minimum Gasteiger partial charge on any atom is -0.447 e. The van der Waals surface area contributed by atoms with Gasteiger partial charge < -0.3 is 4.74 Å². The zero-order valence-electron chi connectivity index (χ0n) is 19.6. The molecule has 0 fully saturated rings. The van der Waals surface area contributed by atoms with Crippen LogP contribution >= 0.6 is 11.8 Å². The lowest BCUT2D eigenvalue weighted by Crippen LogP contribution is -2.37. The van der Waals surface area contributed by atoms with Crippen molar-refractivity contribution in [2.45, 2.75) is 58.3 Å². The number of hydrogen-bond donors (Lipinski definition) is 0. The summed E-state index contributed by atoms with van der Waals surface area (Å²) in [6.45, 7) is 8.45. The van der Waals surface area contributed by atoms with Crippen LogP contribution in [0.1, 0.15) is 57.9 Å². The van der Waals surface area contributed by atoms with Gasteiger partial charge in [-0.2, -0.15) is 4.98 Å². The first kappa shape index (κ1) is 23.2. The largest absolute Gasteiger partial charge is 0.447 e. The maximum absolute atomic E-state index is 13.4. The molecule has 0 bridgehead atoms. The van der Waals surface area contributed by atoms with E-state index in [4.69, 9.17) is 9.72 Å². The van der Waals surface area contributed by atoms with E-state index in [0.717, 1.165) is 35.4 Å². The first-order chi connectivity index (χ1) is 16.0. The zero-order chi connectivity index (χ0) is 23.4. The number of ether oxygens (including phenoxy) is 1. The molecule has 2 heterocycles. The summed E-state index contributed by atoms with van der Waals surface area (Å²) in [6, 6.07) is 16.0. The predicted molar refractivity (Wildman–Crippen MR) is 132 cm³/mol. The summed E-state index contributed by atoms with van der Waals surface area (Å²) >= 11 is 1.56. The van der Waals surface area contributed by atoms with Crippen LogP contribution in [0.2, 0.25) is 0 Å². The molecule has 1 atom stereocenters. The van der Waals surface area contributed by atoms with Gasteiger partial charge in [-0.05, 0) is 30.4 Å². The fourth-order valence-corrected chi connectivity index (χ4v) is 4.48. The van der Waals surface area contributed by atoms with Gasteiger partial charge in [0, 0.05) is 23.3 Å². The van der Waals surface area contributed by atoms with Crippen LogP contribution in [-0.4, -0.2) is 26.8 Å². The van der Waals surface area contributed by atoms with Crippen molar-refractivity contribution in [3.8, 4) is 17.1 Å². The molecule has 0 saturated heterocycles. The summed E-state index contributed by atoms with van der Waals surface area (Å²) in [7, 11) is 0. The molecule has 0 radical (unpaired) electrons. The van der Waals surface area contributed by atoms with Gasteiger partial charge in [-0.25, -0.2) is 0 Å². The lowest BCUT2D eigenvalue weighted by Gasteiger charge is -2.31. The van der Waals surface area contributed by atoms with Gasteiger partial charge >= 0.3 is 0 Å². The number of amides is 1. The van der Waals surface area contributed by atoms with Crippen molar-refractivity contribution in [1.29, 1.82) is 0 Å². The molecule has 0 N–H and O–H groups in total. The molecule has 4 rings (SSSR count). The van der Waals surface area contributed by atoms with Crippen molar-refractivity contribution >= 4 is 23.4 Å². The Kier molecular flexibility index (Phi) is 7.28. The van der Waals surface area contributed by atoms with Gasteiger partial charge in [0.25, 0.3) is 0 Å². The Labute approximate surface area is 199 Å². The molecular weight excluding hydrogens is 432 g/mol. The fourth-order valence-electron chi connectivity index (χ4n) is 3.75. The van der Waals surface area contributed by atoms with Gasteiger partial charge in [-0.3, -0.25) is 9.69 Å². The van der Waals surface area contributed by atoms with Crippen LogP contribution in [0.4, 0.5) is 5.69 Å². The first-order valence-corrected chi connectivity index (χ1v) is 12.5. The van der Waals surface area contributed by atoms with Gasteiger partial charge in [0.05, 0.1) is 5.69 Å². The third-order valence-electron chi connectivity index (χ3n) is 5.46. The fraction of sp³-hybridized carbons (Fsp3) is 0.385. The molecule has 2 aromatic carbocycles. The number of benzene rings is 2. The third kappa shape index (κ3) is 5.03. The molecule has 0 aliphatic carbocycles. The van der Waals surface area contributed by atoms with Crippen LogP contribution in [0.15, 0.2) is 53.7 Å². The van der Waals surface area contributed by atoms with Gasteiger partial charge in [0.1, 0.15) is 0 Å². The monoisotopic (exact) mass is 462 g/mol. The van der Waals surface area contributed by atoms with Crippen molar-refractivity contribution in [1.82, 2.24) is 15.2 Å². The van der Waals surface area contributed by atoms with Crippen LogP contribution < -0.4 is 9.64 Å². The Balaban J connectivity index is 1.86. The maximum Gasteiger partial charge on any atom is 0.247 e. The highest BCUT2D eigenvalue weighted by atomic mass is 32.2. The van der Waals surface area contributed by atoms with E-state index < -0.39 is 6.23 Å². The van der Waals surface area contributed by atoms with Crippen molar-refractivity contribution < 1.29 is 9.53 Å². The molecule has 1 unspecified atom stereocenters. The molecule has 7 heteroatoms. The number of carbonyl (C=O) groups is 1. The Hall–Kier alpha value is -2.93. The summed E-state index contributed by atoms with van der Waals surface area (Å²) in [5.41, 5.74) is 4.25. The molecule has 1 aliphatic heterocycles. The Morgan fingerprint density at radius 1 is 1.09 bits per heavy atom. The second kappa shape index (κ2) is 10.3. The molecule has 172 valence electrons. The van der Waals surface area contributed by atoms with E-state index in [1.165, 1.54) is 5.56 Å². The standard InChI is InChI=1S/C26H30N4O2S/c1-5-9-22(31)30-21-11-8-7-10-20(21)23-24(27-26(29-28-23)33-16-17(3)4)32-25(30)19-14-12-18(6-2)13-15-19/h7-8,10-15,17,25H,5-6,9,16H2,1-4H3. The van der Waals surface area contributed by atoms with Crippen LogP contribution in [0.25, 0.3) is 11.3 Å². The quantitative estimate of drug-likeness (QED) is 0.397. The Morgan fingerprint density at radius 2 is 1.85 bits per heavy atom. The van der Waals surface area contributed by atoms with Crippen LogP contribution in [0.5, 0.6) is 5.88 Å². The van der Waals surface area contributed by atoms with Crippen LogP contribution in [-0.2, 0) is 11.2 Å². The SMILES string of the molecule is CCCC(=O)N1c2ccccc2-c2nnc(SCC(C)C)nc2OC1c1ccc(CC)cc1. The zero-order valence-corrected chi connectivity index (χ0v) is 20.4. The second-order valence-corrected chi connectivity index (χ2v) is 9.54. The first-order valence-electron chi connectivity index (χ1n) is 11.6. The number of anilines is 1. The Morgan fingerprint density at radius 3 is 2.55 bits per heavy atom. The van der Waals surface area contributed by atoms with E-state index in [1.807, 2.05) is 43.3 Å². The Bertz CT molecular complexity index is 1120. The van der Waals surface area contributed by atoms with Gasteiger partial charge in [-0.1, -0.05) is 81.9 Å². The van der Waals surface area contributed by atoms with Crippen molar-refractivity contribution in [3.05, 3.63) is 59.7 Å². The summed E-state index contributed by atoms with van der Waals surface area (Å²) < 4.78 is 6.50. The average molecular weight is 463 g/mol. The predicted octanol–water partition coefficient (Wildman–Crippen LogP) is 6.07. The summed E-state index contributed by atoms with van der Waals surface area (Å²) in [6.07, 6.45) is 1.48. The number of thioether (sulfide) groups is 1. The van der Waals surface area contributed by atoms with Crippen molar-refractivity contribution in [2.75, 3.05) is 10.7 Å². The number of nitrogens with zero attached hydrogens (tertiary/aromatic N) is 4. The highest BCUT2D eigenvalue weighted by molar-refractivity contribution is 7.99. The normalized spacial score (nSPS) is 14.9. The minimum atomic E-state index is -0.642. The van der Waals surface area contributed by atoms with E-state index in [-0.39, 0.29) is 5.91 Å². The highest BCUT2D eigenvalue weighted by Gasteiger charge is 2.35. The topological polar surface area (TPSA) is 68.2 Å². The smallest absolute Gasteiger partial charge is 0.247 e. The molecule has 0 spiro atoms. The molecule has 33 heavy (non-hydrogen) atoms. The van der Waals surface area contributed by atoms with Gasteiger partial charge in [-0.15, -0.1) is 10.2 Å². The number of rotatable bonds is 7. The summed E-state index contributed by atoms with van der Waals surface area (Å²) in [5, 5.41) is 9.42.